The predicted molar refractivity (Wildman–Crippen MR) is 69.6 cm³/mol. The fourth-order valence-corrected chi connectivity index (χ4v) is 3.65. The molecule has 1 amide bonds. The number of halogens is 3. The summed E-state index contributed by atoms with van der Waals surface area (Å²) in [5.74, 6) is -1.86. The van der Waals surface area contributed by atoms with Gasteiger partial charge >= 0.3 is 19.2 Å². The summed E-state index contributed by atoms with van der Waals surface area (Å²) in [6.07, 6.45) is -3.37. The molecule has 0 aromatic carbocycles. The lowest BCUT2D eigenvalue weighted by Crippen LogP contribution is -2.76. The summed E-state index contributed by atoms with van der Waals surface area (Å²) < 4.78 is 48.8. The van der Waals surface area contributed by atoms with Crippen LogP contribution in [-0.4, -0.2) is 35.9 Å². The van der Waals surface area contributed by atoms with E-state index in [1.54, 1.807) is 0 Å². The van der Waals surface area contributed by atoms with Crippen molar-refractivity contribution in [1.29, 1.82) is 0 Å². The van der Waals surface area contributed by atoms with E-state index in [-0.39, 0.29) is 5.31 Å². The lowest BCUT2D eigenvalue weighted by Gasteiger charge is -2.70. The van der Waals surface area contributed by atoms with E-state index < -0.39 is 35.9 Å². The standard InChI is InChI=1S/C13H19BF3NO3/c1-9(2)10(3,4)21-14(20-9)11-5-12(6-11,7-11)18-8(19)13(15,16)17/h5-7H2,1-4H3,(H,18,19). The summed E-state index contributed by atoms with van der Waals surface area (Å²) in [4.78, 5) is 11.0. The summed E-state index contributed by atoms with van der Waals surface area (Å²) in [5.41, 5.74) is -1.61. The topological polar surface area (TPSA) is 47.6 Å². The molecule has 0 radical (unpaired) electrons. The zero-order chi connectivity index (χ0) is 15.9. The fraction of sp³-hybridized carbons (Fsp3) is 0.923. The number of alkyl halides is 3. The zero-order valence-electron chi connectivity index (χ0n) is 12.6. The molecule has 0 atom stereocenters. The van der Waals surface area contributed by atoms with E-state index in [4.69, 9.17) is 9.31 Å². The Morgan fingerprint density at radius 3 is 1.86 bits per heavy atom. The maximum absolute atomic E-state index is 12.3. The summed E-state index contributed by atoms with van der Waals surface area (Å²) in [6, 6.07) is 0. The number of carbonyl (C=O) groups excluding carboxylic acids is 1. The molecule has 1 saturated heterocycles. The Kier molecular flexibility index (Phi) is 2.72. The first-order valence-corrected chi connectivity index (χ1v) is 7.06. The molecule has 4 rings (SSSR count). The third kappa shape index (κ3) is 2.02. The monoisotopic (exact) mass is 305 g/mol. The van der Waals surface area contributed by atoms with Gasteiger partial charge in [0, 0.05) is 10.9 Å². The SMILES string of the molecule is CC1(C)OB(C23CC(NC(=O)C(F)(F)F)(C2)C3)OC1(C)C. The lowest BCUT2D eigenvalue weighted by molar-refractivity contribution is -0.183. The van der Waals surface area contributed by atoms with Gasteiger partial charge in [0.1, 0.15) is 0 Å². The molecule has 1 heterocycles. The molecule has 0 spiro atoms. The largest absolute Gasteiger partial charge is 0.471 e. The molecule has 4 nitrogen and oxygen atoms in total. The Labute approximate surface area is 121 Å². The molecule has 0 aromatic rings. The minimum absolute atomic E-state index is 0.246. The van der Waals surface area contributed by atoms with Crippen molar-refractivity contribution in [2.75, 3.05) is 0 Å². The average molecular weight is 305 g/mol. The highest BCUT2D eigenvalue weighted by Crippen LogP contribution is 2.75. The first-order chi connectivity index (χ1) is 9.31. The molecule has 4 fully saturated rings. The van der Waals surface area contributed by atoms with Crippen LogP contribution in [-0.2, 0) is 14.1 Å². The van der Waals surface area contributed by atoms with Crippen molar-refractivity contribution in [2.45, 2.75) is 75.2 Å². The van der Waals surface area contributed by atoms with Crippen molar-refractivity contribution in [3.05, 3.63) is 0 Å². The molecule has 1 aliphatic heterocycles. The Bertz CT molecular complexity index is 468. The first kappa shape index (κ1) is 15.2. The lowest BCUT2D eigenvalue weighted by atomic mass is 9.27. The van der Waals surface area contributed by atoms with Gasteiger partial charge in [-0.05, 0) is 47.0 Å². The maximum atomic E-state index is 12.3. The maximum Gasteiger partial charge on any atom is 0.471 e. The number of hydrogen-bond donors (Lipinski definition) is 1. The molecule has 0 aromatic heterocycles. The van der Waals surface area contributed by atoms with Crippen molar-refractivity contribution in [2.24, 2.45) is 0 Å². The van der Waals surface area contributed by atoms with E-state index in [1.165, 1.54) is 0 Å². The second-order valence-electron chi connectivity index (χ2n) is 7.71. The van der Waals surface area contributed by atoms with Crippen molar-refractivity contribution in [1.82, 2.24) is 5.32 Å². The van der Waals surface area contributed by atoms with Crippen molar-refractivity contribution < 1.29 is 27.3 Å². The minimum atomic E-state index is -4.83. The summed E-state index contributed by atoms with van der Waals surface area (Å²) in [5, 5.41) is 1.87. The van der Waals surface area contributed by atoms with Gasteiger partial charge in [-0.25, -0.2) is 0 Å². The number of carbonyl (C=O) groups is 1. The molecule has 21 heavy (non-hydrogen) atoms. The van der Waals surface area contributed by atoms with Gasteiger partial charge in [-0.15, -0.1) is 0 Å². The van der Waals surface area contributed by atoms with Crippen molar-refractivity contribution >= 4 is 13.0 Å². The van der Waals surface area contributed by atoms with Gasteiger partial charge in [0.15, 0.2) is 0 Å². The fourth-order valence-electron chi connectivity index (χ4n) is 3.65. The van der Waals surface area contributed by atoms with Crippen LogP contribution in [0.5, 0.6) is 0 Å². The first-order valence-electron chi connectivity index (χ1n) is 7.06. The molecule has 4 aliphatic rings. The van der Waals surface area contributed by atoms with Gasteiger partial charge in [0.25, 0.3) is 0 Å². The minimum Gasteiger partial charge on any atom is -0.403 e. The molecule has 3 aliphatic carbocycles. The number of amides is 1. The highest BCUT2D eigenvalue weighted by molar-refractivity contribution is 6.51. The van der Waals surface area contributed by atoms with Crippen LogP contribution in [0.4, 0.5) is 13.2 Å². The Balaban J connectivity index is 1.61. The van der Waals surface area contributed by atoms with E-state index in [9.17, 15) is 18.0 Å². The molecule has 2 bridgehead atoms. The van der Waals surface area contributed by atoms with Crippen LogP contribution in [0.15, 0.2) is 0 Å². The van der Waals surface area contributed by atoms with E-state index in [0.717, 1.165) is 0 Å². The van der Waals surface area contributed by atoms with Gasteiger partial charge < -0.3 is 14.6 Å². The second-order valence-corrected chi connectivity index (χ2v) is 7.71. The van der Waals surface area contributed by atoms with E-state index >= 15 is 0 Å². The highest BCUT2D eigenvalue weighted by Gasteiger charge is 2.77. The van der Waals surface area contributed by atoms with E-state index in [0.29, 0.717) is 19.3 Å². The van der Waals surface area contributed by atoms with Crippen molar-refractivity contribution in [3.63, 3.8) is 0 Å². The molecule has 8 heteroatoms. The summed E-state index contributed by atoms with van der Waals surface area (Å²) in [7, 11) is -0.410. The van der Waals surface area contributed by atoms with Gasteiger partial charge in [-0.2, -0.15) is 13.2 Å². The Morgan fingerprint density at radius 1 is 1.05 bits per heavy atom. The average Bonchev–Trinajstić information content (AvgIpc) is 2.37. The summed E-state index contributed by atoms with van der Waals surface area (Å²) >= 11 is 0. The quantitative estimate of drug-likeness (QED) is 0.797. The molecule has 1 N–H and O–H groups in total. The molecule has 3 saturated carbocycles. The van der Waals surface area contributed by atoms with Gasteiger partial charge in [0.05, 0.1) is 11.2 Å². The van der Waals surface area contributed by atoms with Crippen molar-refractivity contribution in [3.8, 4) is 0 Å². The molecule has 0 unspecified atom stereocenters. The predicted octanol–water partition coefficient (Wildman–Crippen LogP) is 2.43. The zero-order valence-corrected chi connectivity index (χ0v) is 12.6. The Morgan fingerprint density at radius 2 is 1.48 bits per heavy atom. The normalized spacial score (nSPS) is 39.5. The van der Waals surface area contributed by atoms with Gasteiger partial charge in [-0.1, -0.05) is 0 Å². The van der Waals surface area contributed by atoms with Crippen LogP contribution in [0.1, 0.15) is 47.0 Å². The van der Waals surface area contributed by atoms with Crippen LogP contribution in [0.3, 0.4) is 0 Å². The second kappa shape index (κ2) is 3.77. The van der Waals surface area contributed by atoms with Gasteiger partial charge in [-0.3, -0.25) is 4.79 Å². The smallest absolute Gasteiger partial charge is 0.403 e. The van der Waals surface area contributed by atoms with E-state index in [2.05, 4.69) is 5.32 Å². The number of hydrogen-bond acceptors (Lipinski definition) is 3. The molecular formula is C13H19BF3NO3. The third-order valence-corrected chi connectivity index (χ3v) is 5.46. The van der Waals surface area contributed by atoms with Crippen LogP contribution in [0, 0.1) is 0 Å². The number of rotatable bonds is 2. The highest BCUT2D eigenvalue weighted by atomic mass is 19.4. The van der Waals surface area contributed by atoms with Crippen LogP contribution < -0.4 is 5.32 Å². The molecular weight excluding hydrogens is 286 g/mol. The number of nitrogens with one attached hydrogen (secondary N) is 1. The van der Waals surface area contributed by atoms with Crippen LogP contribution in [0.25, 0.3) is 0 Å². The molecule has 118 valence electrons. The summed E-state index contributed by atoms with van der Waals surface area (Å²) in [6.45, 7) is 7.78. The van der Waals surface area contributed by atoms with Crippen LogP contribution in [0.2, 0.25) is 5.31 Å². The van der Waals surface area contributed by atoms with Crippen LogP contribution >= 0.6 is 0 Å². The third-order valence-electron chi connectivity index (χ3n) is 5.46. The van der Waals surface area contributed by atoms with Gasteiger partial charge in [0.2, 0.25) is 0 Å². The Hall–Kier alpha value is -0.755. The van der Waals surface area contributed by atoms with E-state index in [1.807, 2.05) is 27.7 Å².